The minimum atomic E-state index is -0.974. The smallest absolute Gasteiger partial charge is 0.259 e. The van der Waals surface area contributed by atoms with E-state index in [0.29, 0.717) is 6.07 Å². The molecule has 0 spiro atoms. The normalized spacial score (nSPS) is 10.3. The third-order valence-electron chi connectivity index (χ3n) is 2.54. The maximum atomic E-state index is 13.5. The van der Waals surface area contributed by atoms with Crippen molar-refractivity contribution in [3.05, 3.63) is 52.6 Å². The second-order valence-electron chi connectivity index (χ2n) is 3.97. The van der Waals surface area contributed by atoms with E-state index in [1.807, 2.05) is 0 Å². The van der Waals surface area contributed by atoms with Crippen LogP contribution in [0.1, 0.15) is 10.4 Å². The molecular weight excluding hydrogens is 290 g/mol. The van der Waals surface area contributed by atoms with Gasteiger partial charge in [0.2, 0.25) is 0 Å². The second-order valence-corrected chi connectivity index (χ2v) is 4.41. The summed E-state index contributed by atoms with van der Waals surface area (Å²) in [7, 11) is 0. The number of carbonyl (C=O) groups is 1. The van der Waals surface area contributed by atoms with Gasteiger partial charge in [-0.2, -0.15) is 0 Å². The molecule has 4 N–H and O–H groups in total. The van der Waals surface area contributed by atoms with Crippen molar-refractivity contribution in [2.24, 2.45) is 0 Å². The van der Waals surface area contributed by atoms with Gasteiger partial charge in [-0.25, -0.2) is 8.78 Å². The lowest BCUT2D eigenvalue weighted by Crippen LogP contribution is -2.13. The molecule has 0 aromatic heterocycles. The molecule has 104 valence electrons. The number of rotatable bonds is 2. The zero-order valence-corrected chi connectivity index (χ0v) is 10.7. The van der Waals surface area contributed by atoms with E-state index in [1.165, 1.54) is 18.2 Å². The minimum Gasteiger partial charge on any atom is -0.507 e. The Hall–Kier alpha value is -2.34. The van der Waals surface area contributed by atoms with Gasteiger partial charge in [0.25, 0.3) is 5.91 Å². The average molecular weight is 299 g/mol. The van der Waals surface area contributed by atoms with Crippen molar-refractivity contribution in [1.82, 2.24) is 0 Å². The third kappa shape index (κ3) is 2.80. The summed E-state index contributed by atoms with van der Waals surface area (Å²) in [5, 5.41) is 12.0. The van der Waals surface area contributed by atoms with Crippen LogP contribution < -0.4 is 11.1 Å². The summed E-state index contributed by atoms with van der Waals surface area (Å²) in [5.41, 5.74) is 4.60. The van der Waals surface area contributed by atoms with Gasteiger partial charge in [-0.3, -0.25) is 4.79 Å². The Kier molecular flexibility index (Phi) is 3.76. The van der Waals surface area contributed by atoms with Crippen LogP contribution in [0.25, 0.3) is 0 Å². The molecule has 20 heavy (non-hydrogen) atoms. The van der Waals surface area contributed by atoms with Gasteiger partial charge in [-0.05, 0) is 24.3 Å². The van der Waals surface area contributed by atoms with E-state index in [1.54, 1.807) is 0 Å². The van der Waals surface area contributed by atoms with Gasteiger partial charge in [0.05, 0.1) is 16.9 Å². The standard InChI is InChI=1S/C13H9ClF2N2O2/c14-6-1-2-7(12(19)3-6)13(20)18-11-5-10(17)8(15)4-9(11)16/h1-5,19H,17H2,(H,18,20). The molecule has 2 rings (SSSR count). The zero-order valence-electron chi connectivity index (χ0n) is 9.95. The van der Waals surface area contributed by atoms with Crippen LogP contribution in [0.3, 0.4) is 0 Å². The van der Waals surface area contributed by atoms with Gasteiger partial charge in [0.15, 0.2) is 0 Å². The highest BCUT2D eigenvalue weighted by Crippen LogP contribution is 2.25. The summed E-state index contributed by atoms with van der Waals surface area (Å²) < 4.78 is 26.5. The van der Waals surface area contributed by atoms with Gasteiger partial charge in [0.1, 0.15) is 17.4 Å². The fourth-order valence-corrected chi connectivity index (χ4v) is 1.71. The van der Waals surface area contributed by atoms with E-state index in [2.05, 4.69) is 5.32 Å². The van der Waals surface area contributed by atoms with Crippen molar-refractivity contribution < 1.29 is 18.7 Å². The number of phenolic OH excluding ortho intramolecular Hbond substituents is 1. The zero-order chi connectivity index (χ0) is 14.9. The van der Waals surface area contributed by atoms with Crippen molar-refractivity contribution in [3.63, 3.8) is 0 Å². The predicted molar refractivity (Wildman–Crippen MR) is 71.8 cm³/mol. The van der Waals surface area contributed by atoms with E-state index in [4.69, 9.17) is 17.3 Å². The molecule has 0 unspecified atom stereocenters. The van der Waals surface area contributed by atoms with Crippen LogP contribution in [0.2, 0.25) is 5.02 Å². The fraction of sp³-hybridized carbons (Fsp3) is 0. The predicted octanol–water partition coefficient (Wildman–Crippen LogP) is 3.16. The number of phenols is 1. The number of nitrogens with one attached hydrogen (secondary N) is 1. The van der Waals surface area contributed by atoms with Gasteiger partial charge in [-0.15, -0.1) is 0 Å². The summed E-state index contributed by atoms with van der Waals surface area (Å²) in [6, 6.07) is 5.36. The quantitative estimate of drug-likeness (QED) is 0.745. The number of aromatic hydroxyl groups is 1. The molecule has 2 aromatic rings. The van der Waals surface area contributed by atoms with Crippen LogP contribution in [0.4, 0.5) is 20.2 Å². The van der Waals surface area contributed by atoms with Crippen molar-refractivity contribution >= 4 is 28.9 Å². The Morgan fingerprint density at radius 1 is 1.20 bits per heavy atom. The van der Waals surface area contributed by atoms with E-state index in [0.717, 1.165) is 6.07 Å². The highest BCUT2D eigenvalue weighted by Gasteiger charge is 2.15. The average Bonchev–Trinajstić information content (AvgIpc) is 2.35. The van der Waals surface area contributed by atoms with E-state index in [9.17, 15) is 18.7 Å². The Bertz CT molecular complexity index is 692. The lowest BCUT2D eigenvalue weighted by atomic mass is 10.1. The molecule has 0 saturated heterocycles. The summed E-state index contributed by atoms with van der Waals surface area (Å²) in [6.07, 6.45) is 0. The van der Waals surface area contributed by atoms with Crippen molar-refractivity contribution in [1.29, 1.82) is 0 Å². The van der Waals surface area contributed by atoms with Crippen molar-refractivity contribution in [3.8, 4) is 5.75 Å². The molecule has 0 aliphatic heterocycles. The lowest BCUT2D eigenvalue weighted by molar-refractivity contribution is 0.102. The largest absolute Gasteiger partial charge is 0.507 e. The molecule has 0 bridgehead atoms. The van der Waals surface area contributed by atoms with Crippen LogP contribution in [-0.2, 0) is 0 Å². The molecule has 0 atom stereocenters. The molecule has 7 heteroatoms. The van der Waals surface area contributed by atoms with Gasteiger partial charge < -0.3 is 16.2 Å². The van der Waals surface area contributed by atoms with Gasteiger partial charge >= 0.3 is 0 Å². The summed E-state index contributed by atoms with van der Waals surface area (Å²) in [6.45, 7) is 0. The molecular formula is C13H9ClF2N2O2. The molecule has 0 aliphatic carbocycles. The molecule has 4 nitrogen and oxygen atoms in total. The minimum absolute atomic E-state index is 0.100. The van der Waals surface area contributed by atoms with Crippen molar-refractivity contribution in [2.45, 2.75) is 0 Å². The number of halogens is 3. The first-order valence-corrected chi connectivity index (χ1v) is 5.80. The number of nitrogens with two attached hydrogens (primary N) is 1. The molecule has 0 heterocycles. The van der Waals surface area contributed by atoms with Gasteiger partial charge in [0, 0.05) is 11.1 Å². The number of hydrogen-bond acceptors (Lipinski definition) is 3. The monoisotopic (exact) mass is 298 g/mol. The Morgan fingerprint density at radius 3 is 2.55 bits per heavy atom. The second kappa shape index (κ2) is 5.34. The maximum absolute atomic E-state index is 13.5. The highest BCUT2D eigenvalue weighted by molar-refractivity contribution is 6.31. The van der Waals surface area contributed by atoms with E-state index >= 15 is 0 Å². The van der Waals surface area contributed by atoms with Crippen LogP contribution in [0.5, 0.6) is 5.75 Å². The summed E-state index contributed by atoms with van der Waals surface area (Å²) in [5.74, 6) is -3.03. The maximum Gasteiger partial charge on any atom is 0.259 e. The molecule has 0 fully saturated rings. The number of carbonyl (C=O) groups excluding carboxylic acids is 1. The Labute approximate surface area is 117 Å². The van der Waals surface area contributed by atoms with Crippen LogP contribution >= 0.6 is 11.6 Å². The summed E-state index contributed by atoms with van der Waals surface area (Å²) >= 11 is 5.64. The van der Waals surface area contributed by atoms with E-state index in [-0.39, 0.29) is 27.7 Å². The van der Waals surface area contributed by atoms with Gasteiger partial charge in [-0.1, -0.05) is 11.6 Å². The number of amides is 1. The SMILES string of the molecule is Nc1cc(NC(=O)c2ccc(Cl)cc2O)c(F)cc1F. The first-order chi connectivity index (χ1) is 9.38. The third-order valence-corrected chi connectivity index (χ3v) is 2.77. The van der Waals surface area contributed by atoms with Crippen LogP contribution in [0.15, 0.2) is 30.3 Å². The van der Waals surface area contributed by atoms with E-state index < -0.39 is 17.5 Å². The topological polar surface area (TPSA) is 75.3 Å². The Morgan fingerprint density at radius 2 is 1.90 bits per heavy atom. The number of nitrogen functional groups attached to an aromatic ring is 1. The highest BCUT2D eigenvalue weighted by atomic mass is 35.5. The first kappa shape index (κ1) is 14.1. The van der Waals surface area contributed by atoms with Crippen LogP contribution in [-0.4, -0.2) is 11.0 Å². The molecule has 0 aliphatic rings. The first-order valence-electron chi connectivity index (χ1n) is 5.43. The summed E-state index contributed by atoms with van der Waals surface area (Å²) in [4.78, 5) is 11.9. The number of anilines is 2. The number of hydrogen-bond donors (Lipinski definition) is 3. The molecule has 0 radical (unpaired) electrons. The van der Waals surface area contributed by atoms with Crippen molar-refractivity contribution in [2.75, 3.05) is 11.1 Å². The molecule has 2 aromatic carbocycles. The number of benzene rings is 2. The molecule has 1 amide bonds. The Balaban J connectivity index is 2.30. The lowest BCUT2D eigenvalue weighted by Gasteiger charge is -2.09. The molecule has 0 saturated carbocycles. The fourth-order valence-electron chi connectivity index (χ4n) is 1.55. The van der Waals surface area contributed by atoms with Crippen LogP contribution in [0, 0.1) is 11.6 Å².